The van der Waals surface area contributed by atoms with Gasteiger partial charge in [0.1, 0.15) is 0 Å². The molecule has 6 heteroatoms. The lowest BCUT2D eigenvalue weighted by molar-refractivity contribution is -0.118. The average molecular weight is 321 g/mol. The Morgan fingerprint density at radius 3 is 2.77 bits per heavy atom. The second-order valence-electron chi connectivity index (χ2n) is 5.39. The summed E-state index contributed by atoms with van der Waals surface area (Å²) in [7, 11) is 0. The zero-order chi connectivity index (χ0) is 14.5. The number of carbonyl (C=O) groups is 1. The van der Waals surface area contributed by atoms with Gasteiger partial charge in [-0.05, 0) is 43.1 Å². The van der Waals surface area contributed by atoms with Crippen LogP contribution in [0.4, 0.5) is 5.69 Å². The fourth-order valence-corrected chi connectivity index (χ4v) is 2.58. The molecule has 1 amide bonds. The molecule has 2 heterocycles. The number of hydrogen-bond acceptors (Lipinski definition) is 3. The summed E-state index contributed by atoms with van der Waals surface area (Å²) >= 11 is 0. The molecule has 1 aliphatic heterocycles. The van der Waals surface area contributed by atoms with E-state index in [1.807, 2.05) is 41.2 Å². The molecule has 1 atom stereocenters. The van der Waals surface area contributed by atoms with E-state index in [2.05, 4.69) is 15.7 Å². The van der Waals surface area contributed by atoms with Crippen molar-refractivity contribution in [1.29, 1.82) is 0 Å². The molecule has 1 aliphatic rings. The highest BCUT2D eigenvalue weighted by Crippen LogP contribution is 2.13. The van der Waals surface area contributed by atoms with Crippen LogP contribution in [0.3, 0.4) is 0 Å². The number of piperidine rings is 1. The van der Waals surface area contributed by atoms with Gasteiger partial charge < -0.3 is 10.6 Å². The molecule has 0 radical (unpaired) electrons. The third-order valence-corrected chi connectivity index (χ3v) is 3.75. The zero-order valence-electron chi connectivity index (χ0n) is 12.4. The molecule has 1 saturated heterocycles. The number of nitrogens with one attached hydrogen (secondary N) is 2. The van der Waals surface area contributed by atoms with E-state index >= 15 is 0 Å². The van der Waals surface area contributed by atoms with Crippen molar-refractivity contribution in [3.8, 4) is 0 Å². The first-order chi connectivity index (χ1) is 10.3. The highest BCUT2D eigenvalue weighted by Gasteiger charge is 2.20. The minimum absolute atomic E-state index is 0. The average Bonchev–Trinajstić information content (AvgIpc) is 3.03. The minimum Gasteiger partial charge on any atom is -0.325 e. The van der Waals surface area contributed by atoms with E-state index in [4.69, 9.17) is 0 Å². The molecule has 0 saturated carbocycles. The lowest BCUT2D eigenvalue weighted by atomic mass is 10.0. The first-order valence-corrected chi connectivity index (χ1v) is 7.42. The Hall–Kier alpha value is -1.85. The van der Waals surface area contributed by atoms with E-state index in [0.717, 1.165) is 43.6 Å². The number of benzene rings is 1. The third-order valence-electron chi connectivity index (χ3n) is 3.75. The maximum Gasteiger partial charge on any atom is 0.241 e. The quantitative estimate of drug-likeness (QED) is 0.909. The van der Waals surface area contributed by atoms with E-state index in [-0.39, 0.29) is 24.4 Å². The van der Waals surface area contributed by atoms with Crippen molar-refractivity contribution in [3.63, 3.8) is 0 Å². The summed E-state index contributed by atoms with van der Waals surface area (Å²) in [6.07, 6.45) is 6.90. The number of amides is 1. The number of hydrogen-bond donors (Lipinski definition) is 2. The molecule has 2 aromatic rings. The van der Waals surface area contributed by atoms with Crippen molar-refractivity contribution < 1.29 is 4.79 Å². The van der Waals surface area contributed by atoms with Crippen LogP contribution in [0.15, 0.2) is 42.7 Å². The number of aromatic nitrogens is 2. The maximum atomic E-state index is 12.1. The Morgan fingerprint density at radius 1 is 1.32 bits per heavy atom. The SMILES string of the molecule is Cl.O=C(Nc1ccc(Cn2cccn2)cc1)[C@@H]1CCCCN1. The van der Waals surface area contributed by atoms with E-state index in [1.54, 1.807) is 6.20 Å². The lowest BCUT2D eigenvalue weighted by Crippen LogP contribution is -2.43. The van der Waals surface area contributed by atoms with Gasteiger partial charge in [-0.3, -0.25) is 9.48 Å². The minimum atomic E-state index is -0.0532. The standard InChI is InChI=1S/C16H20N4O.ClH/c21-16(15-4-1-2-9-17-15)19-14-7-5-13(6-8-14)12-20-11-3-10-18-20;/h3,5-8,10-11,15,17H,1-2,4,9,12H2,(H,19,21);1H/t15-;/m0./s1. The molecule has 22 heavy (non-hydrogen) atoms. The van der Waals surface area contributed by atoms with Gasteiger partial charge in [0.15, 0.2) is 0 Å². The van der Waals surface area contributed by atoms with Crippen LogP contribution in [0.5, 0.6) is 0 Å². The molecule has 1 fully saturated rings. The summed E-state index contributed by atoms with van der Waals surface area (Å²) < 4.78 is 1.87. The van der Waals surface area contributed by atoms with Crippen molar-refractivity contribution in [1.82, 2.24) is 15.1 Å². The topological polar surface area (TPSA) is 59.0 Å². The molecule has 1 aromatic carbocycles. The Balaban J connectivity index is 0.00000176. The molecule has 0 unspecified atom stereocenters. The van der Waals surface area contributed by atoms with Crippen LogP contribution >= 0.6 is 12.4 Å². The van der Waals surface area contributed by atoms with Gasteiger partial charge in [0.05, 0.1) is 12.6 Å². The summed E-state index contributed by atoms with van der Waals surface area (Å²) in [4.78, 5) is 12.1. The van der Waals surface area contributed by atoms with Gasteiger partial charge >= 0.3 is 0 Å². The first kappa shape index (κ1) is 16.5. The molecule has 5 nitrogen and oxygen atoms in total. The third kappa shape index (κ3) is 4.32. The van der Waals surface area contributed by atoms with Crippen LogP contribution in [0.1, 0.15) is 24.8 Å². The molecular formula is C16H21ClN4O. The van der Waals surface area contributed by atoms with Crippen molar-refractivity contribution in [2.45, 2.75) is 31.8 Å². The second kappa shape index (κ2) is 7.96. The predicted octanol–water partition coefficient (Wildman–Crippen LogP) is 2.43. The van der Waals surface area contributed by atoms with Crippen molar-refractivity contribution in [2.75, 3.05) is 11.9 Å². The van der Waals surface area contributed by atoms with E-state index in [0.29, 0.717) is 0 Å². The summed E-state index contributed by atoms with van der Waals surface area (Å²) in [6.45, 7) is 1.67. The van der Waals surface area contributed by atoms with Gasteiger partial charge in [0.2, 0.25) is 5.91 Å². The van der Waals surface area contributed by atoms with E-state index in [9.17, 15) is 4.79 Å². The second-order valence-corrected chi connectivity index (χ2v) is 5.39. The smallest absolute Gasteiger partial charge is 0.241 e. The Morgan fingerprint density at radius 2 is 2.14 bits per heavy atom. The molecule has 3 rings (SSSR count). The summed E-state index contributed by atoms with van der Waals surface area (Å²) in [6, 6.07) is 9.78. The van der Waals surface area contributed by atoms with Crippen LogP contribution in [0.25, 0.3) is 0 Å². The van der Waals surface area contributed by atoms with Crippen molar-refractivity contribution in [2.24, 2.45) is 0 Å². The van der Waals surface area contributed by atoms with Gasteiger partial charge in [0, 0.05) is 18.1 Å². The van der Waals surface area contributed by atoms with Crippen LogP contribution in [0.2, 0.25) is 0 Å². The van der Waals surface area contributed by atoms with Crippen LogP contribution in [-0.2, 0) is 11.3 Å². The summed E-state index contributed by atoms with van der Waals surface area (Å²) in [5.74, 6) is 0.0644. The molecule has 0 bridgehead atoms. The molecule has 2 N–H and O–H groups in total. The van der Waals surface area contributed by atoms with Gasteiger partial charge in [0.25, 0.3) is 0 Å². The van der Waals surface area contributed by atoms with E-state index < -0.39 is 0 Å². The predicted molar refractivity (Wildman–Crippen MR) is 89.3 cm³/mol. The van der Waals surface area contributed by atoms with Gasteiger partial charge in [-0.15, -0.1) is 12.4 Å². The van der Waals surface area contributed by atoms with Gasteiger partial charge in [-0.2, -0.15) is 5.10 Å². The zero-order valence-corrected chi connectivity index (χ0v) is 13.2. The largest absolute Gasteiger partial charge is 0.325 e. The van der Waals surface area contributed by atoms with Gasteiger partial charge in [-0.1, -0.05) is 18.6 Å². The summed E-state index contributed by atoms with van der Waals surface area (Å²) in [5.41, 5.74) is 2.00. The van der Waals surface area contributed by atoms with Crippen LogP contribution in [0, 0.1) is 0 Å². The Bertz CT molecular complexity index is 577. The molecule has 1 aromatic heterocycles. The van der Waals surface area contributed by atoms with Crippen LogP contribution in [-0.4, -0.2) is 28.3 Å². The van der Waals surface area contributed by atoms with Crippen molar-refractivity contribution in [3.05, 3.63) is 48.3 Å². The molecule has 0 aliphatic carbocycles. The highest BCUT2D eigenvalue weighted by atomic mass is 35.5. The summed E-state index contributed by atoms with van der Waals surface area (Å²) in [5, 5.41) is 10.4. The Labute approximate surface area is 136 Å². The fraction of sp³-hybridized carbons (Fsp3) is 0.375. The molecule has 118 valence electrons. The van der Waals surface area contributed by atoms with E-state index in [1.165, 1.54) is 0 Å². The van der Waals surface area contributed by atoms with Crippen molar-refractivity contribution >= 4 is 24.0 Å². The first-order valence-electron chi connectivity index (χ1n) is 7.42. The highest BCUT2D eigenvalue weighted by molar-refractivity contribution is 5.94. The molecule has 0 spiro atoms. The normalized spacial score (nSPS) is 17.5. The number of halogens is 1. The number of rotatable bonds is 4. The van der Waals surface area contributed by atoms with Crippen LogP contribution < -0.4 is 10.6 Å². The Kier molecular flexibility index (Phi) is 5.98. The van der Waals surface area contributed by atoms with Gasteiger partial charge in [-0.25, -0.2) is 0 Å². The number of carbonyl (C=O) groups excluding carboxylic acids is 1. The fourth-order valence-electron chi connectivity index (χ4n) is 2.58. The lowest BCUT2D eigenvalue weighted by Gasteiger charge is -2.22. The molecular weight excluding hydrogens is 300 g/mol. The number of nitrogens with zero attached hydrogens (tertiary/aromatic N) is 2. The number of anilines is 1. The maximum absolute atomic E-state index is 12.1. The monoisotopic (exact) mass is 320 g/mol.